The van der Waals surface area contributed by atoms with Crippen LogP contribution in [0.1, 0.15) is 25.0 Å². The second kappa shape index (κ2) is 3.25. The van der Waals surface area contributed by atoms with Gasteiger partial charge in [-0.05, 0) is 13.3 Å². The van der Waals surface area contributed by atoms with E-state index in [9.17, 15) is 4.79 Å². The maximum Gasteiger partial charge on any atom is 0.298 e. The lowest BCUT2D eigenvalue weighted by molar-refractivity contribution is 0.746. The maximum absolute atomic E-state index is 11.4. The molecule has 0 fully saturated rings. The Morgan fingerprint density at radius 2 is 2.36 bits per heavy atom. The van der Waals surface area contributed by atoms with Crippen LogP contribution in [0.3, 0.4) is 0 Å². The van der Waals surface area contributed by atoms with Crippen LogP contribution in [0.4, 0.5) is 0 Å². The van der Waals surface area contributed by atoms with Gasteiger partial charge in [-0.25, -0.2) is 9.50 Å². The van der Waals surface area contributed by atoms with Crippen molar-refractivity contribution in [2.24, 2.45) is 0 Å². The van der Waals surface area contributed by atoms with Gasteiger partial charge in [0.2, 0.25) is 0 Å². The molecule has 0 aliphatic rings. The number of imidazole rings is 1. The van der Waals surface area contributed by atoms with Crippen molar-refractivity contribution >= 4 is 5.52 Å². The molecule has 2 aromatic heterocycles. The molecular weight excluding hydrogens is 180 g/mol. The molecular formula is C9H12N4O. The van der Waals surface area contributed by atoms with E-state index in [1.54, 1.807) is 17.6 Å². The molecule has 0 aliphatic carbocycles. The van der Waals surface area contributed by atoms with Gasteiger partial charge in [0, 0.05) is 6.42 Å². The van der Waals surface area contributed by atoms with Gasteiger partial charge in [0.1, 0.15) is 17.2 Å². The molecule has 5 nitrogen and oxygen atoms in total. The second-order valence-corrected chi connectivity index (χ2v) is 3.26. The van der Waals surface area contributed by atoms with Gasteiger partial charge >= 0.3 is 0 Å². The lowest BCUT2D eigenvalue weighted by Crippen LogP contribution is -2.14. The Bertz CT molecular complexity index is 511. The lowest BCUT2D eigenvalue weighted by atomic mass is 10.3. The molecule has 2 rings (SSSR count). The zero-order valence-electron chi connectivity index (χ0n) is 8.24. The standard InChI is InChI=1S/C9H12N4O/c1-3-4-8-10-5-7-9(14)11-6(2)12-13(7)8/h5H,3-4H2,1-2H3,(H,11,12,14). The minimum Gasteiger partial charge on any atom is -0.279 e. The summed E-state index contributed by atoms with van der Waals surface area (Å²) in [5.41, 5.74) is 0.287. The highest BCUT2D eigenvalue weighted by atomic mass is 16.1. The van der Waals surface area contributed by atoms with Crippen LogP contribution in [0.2, 0.25) is 0 Å². The molecule has 0 bridgehead atoms. The quantitative estimate of drug-likeness (QED) is 0.761. The summed E-state index contributed by atoms with van der Waals surface area (Å²) in [6.45, 7) is 3.84. The van der Waals surface area contributed by atoms with Crippen LogP contribution in [0.25, 0.3) is 5.52 Å². The van der Waals surface area contributed by atoms with Gasteiger partial charge in [0.15, 0.2) is 0 Å². The summed E-state index contributed by atoms with van der Waals surface area (Å²) in [6, 6.07) is 0. The summed E-state index contributed by atoms with van der Waals surface area (Å²) in [4.78, 5) is 19.4. The van der Waals surface area contributed by atoms with Crippen LogP contribution in [0.15, 0.2) is 11.0 Å². The molecule has 0 unspecified atom stereocenters. The third-order valence-corrected chi connectivity index (χ3v) is 2.07. The molecule has 5 heteroatoms. The number of rotatable bonds is 2. The second-order valence-electron chi connectivity index (χ2n) is 3.26. The highest BCUT2D eigenvalue weighted by molar-refractivity contribution is 5.41. The minimum atomic E-state index is -0.226. The molecule has 0 amide bonds. The number of hydrogen-bond donors (Lipinski definition) is 1. The average Bonchev–Trinajstić information content (AvgIpc) is 2.49. The third kappa shape index (κ3) is 1.30. The van der Waals surface area contributed by atoms with E-state index in [-0.39, 0.29) is 5.56 Å². The average molecular weight is 192 g/mol. The SMILES string of the molecule is CCCc1ncc2c(=O)nc(C)[nH]n12. The van der Waals surface area contributed by atoms with Crippen LogP contribution >= 0.6 is 0 Å². The van der Waals surface area contributed by atoms with Gasteiger partial charge in [0.25, 0.3) is 5.56 Å². The van der Waals surface area contributed by atoms with Crippen LogP contribution in [0, 0.1) is 6.92 Å². The molecule has 0 aromatic carbocycles. The zero-order valence-corrected chi connectivity index (χ0v) is 8.24. The first-order valence-corrected chi connectivity index (χ1v) is 4.65. The molecule has 74 valence electrons. The normalized spacial score (nSPS) is 11.0. The zero-order chi connectivity index (χ0) is 10.1. The molecule has 0 atom stereocenters. The van der Waals surface area contributed by atoms with E-state index < -0.39 is 0 Å². The third-order valence-electron chi connectivity index (χ3n) is 2.07. The number of aromatic amines is 1. The van der Waals surface area contributed by atoms with Crippen molar-refractivity contribution in [2.75, 3.05) is 0 Å². The smallest absolute Gasteiger partial charge is 0.279 e. The van der Waals surface area contributed by atoms with Crippen molar-refractivity contribution in [2.45, 2.75) is 26.7 Å². The van der Waals surface area contributed by atoms with Crippen molar-refractivity contribution in [1.82, 2.24) is 19.6 Å². The Morgan fingerprint density at radius 1 is 1.57 bits per heavy atom. The number of hydrogen-bond acceptors (Lipinski definition) is 3. The van der Waals surface area contributed by atoms with Crippen molar-refractivity contribution in [3.05, 3.63) is 28.2 Å². The van der Waals surface area contributed by atoms with Crippen LogP contribution < -0.4 is 5.56 Å². The largest absolute Gasteiger partial charge is 0.298 e. The van der Waals surface area contributed by atoms with Crippen molar-refractivity contribution in [3.63, 3.8) is 0 Å². The molecule has 0 spiro atoms. The summed E-state index contributed by atoms with van der Waals surface area (Å²) in [7, 11) is 0. The first kappa shape index (κ1) is 8.93. The number of aryl methyl sites for hydroxylation is 2. The molecule has 1 N–H and O–H groups in total. The number of fused-ring (bicyclic) bond motifs is 1. The van der Waals surface area contributed by atoms with Gasteiger partial charge in [-0.15, -0.1) is 0 Å². The maximum atomic E-state index is 11.4. The van der Waals surface area contributed by atoms with E-state index in [1.165, 1.54) is 0 Å². The fourth-order valence-corrected chi connectivity index (χ4v) is 1.46. The highest BCUT2D eigenvalue weighted by Crippen LogP contribution is 2.02. The van der Waals surface area contributed by atoms with Gasteiger partial charge < -0.3 is 0 Å². The molecule has 0 saturated carbocycles. The van der Waals surface area contributed by atoms with E-state index in [4.69, 9.17) is 0 Å². The van der Waals surface area contributed by atoms with Gasteiger partial charge in [-0.3, -0.25) is 9.89 Å². The Kier molecular flexibility index (Phi) is 2.07. The Hall–Kier alpha value is -1.65. The van der Waals surface area contributed by atoms with E-state index in [0.717, 1.165) is 18.7 Å². The topological polar surface area (TPSA) is 63.0 Å². The Balaban J connectivity index is 2.72. The van der Waals surface area contributed by atoms with Crippen LogP contribution in [-0.4, -0.2) is 19.6 Å². The van der Waals surface area contributed by atoms with Gasteiger partial charge in [-0.2, -0.15) is 4.98 Å². The Morgan fingerprint density at radius 3 is 3.07 bits per heavy atom. The summed E-state index contributed by atoms with van der Waals surface area (Å²) < 4.78 is 1.72. The van der Waals surface area contributed by atoms with Gasteiger partial charge in [-0.1, -0.05) is 6.92 Å². The fourth-order valence-electron chi connectivity index (χ4n) is 1.46. The number of nitrogens with zero attached hydrogens (tertiary/aromatic N) is 3. The summed E-state index contributed by atoms with van der Waals surface area (Å²) in [5.74, 6) is 1.49. The molecule has 0 saturated heterocycles. The van der Waals surface area contributed by atoms with Gasteiger partial charge in [0.05, 0.1) is 6.20 Å². The first-order valence-electron chi connectivity index (χ1n) is 4.65. The molecule has 14 heavy (non-hydrogen) atoms. The van der Waals surface area contributed by atoms with E-state index in [1.807, 2.05) is 0 Å². The van der Waals surface area contributed by atoms with Crippen molar-refractivity contribution < 1.29 is 0 Å². The summed E-state index contributed by atoms with van der Waals surface area (Å²) in [5, 5.41) is 3.01. The van der Waals surface area contributed by atoms with E-state index in [2.05, 4.69) is 22.0 Å². The van der Waals surface area contributed by atoms with Crippen molar-refractivity contribution in [3.8, 4) is 0 Å². The molecule has 2 aromatic rings. The number of aromatic nitrogens is 4. The number of H-pyrrole nitrogens is 1. The predicted octanol–water partition coefficient (Wildman–Crippen LogP) is 0.679. The monoisotopic (exact) mass is 192 g/mol. The fraction of sp³-hybridized carbons (Fsp3) is 0.444. The minimum absolute atomic E-state index is 0.226. The van der Waals surface area contributed by atoms with E-state index >= 15 is 0 Å². The predicted molar refractivity (Wildman–Crippen MR) is 52.3 cm³/mol. The number of nitrogens with one attached hydrogen (secondary N) is 1. The van der Waals surface area contributed by atoms with Crippen LogP contribution in [0.5, 0.6) is 0 Å². The first-order chi connectivity index (χ1) is 6.72. The van der Waals surface area contributed by atoms with Crippen LogP contribution in [-0.2, 0) is 6.42 Å². The molecule has 2 heterocycles. The highest BCUT2D eigenvalue weighted by Gasteiger charge is 2.06. The summed E-state index contributed by atoms with van der Waals surface area (Å²) >= 11 is 0. The Labute approximate surface area is 80.8 Å². The van der Waals surface area contributed by atoms with Crippen molar-refractivity contribution in [1.29, 1.82) is 0 Å². The summed E-state index contributed by atoms with van der Waals surface area (Å²) in [6.07, 6.45) is 3.42. The lowest BCUT2D eigenvalue weighted by Gasteiger charge is -2.00. The molecule has 0 aliphatic heterocycles. The molecule has 0 radical (unpaired) electrons. The van der Waals surface area contributed by atoms with E-state index in [0.29, 0.717) is 11.3 Å².